The molecule has 0 aromatic carbocycles. The lowest BCUT2D eigenvalue weighted by atomic mass is 10.4. The van der Waals surface area contributed by atoms with E-state index in [4.69, 9.17) is 0 Å². The minimum Gasteiger partial charge on any atom is -0.273 e. The Hall–Kier alpha value is -0.910. The van der Waals surface area contributed by atoms with Crippen LogP contribution in [-0.4, -0.2) is 29.8 Å². The van der Waals surface area contributed by atoms with Crippen molar-refractivity contribution in [3.63, 3.8) is 0 Å². The number of nitrogens with zero attached hydrogens (tertiary/aromatic N) is 1. The van der Waals surface area contributed by atoms with E-state index >= 15 is 0 Å². The lowest BCUT2D eigenvalue weighted by molar-refractivity contribution is -0.132. The second-order valence-corrected chi connectivity index (χ2v) is 5.48. The molecule has 0 N–H and O–H groups in total. The highest BCUT2D eigenvalue weighted by molar-refractivity contribution is 7.90. The standard InChI is InChI=1S/C7H11NO4S/c1-5(2)13(11,12)8-6(9)3-4-7(8)10/h5H,3-4H2,1-2H3. The minimum absolute atomic E-state index is 0.00475. The van der Waals surface area contributed by atoms with E-state index in [1.165, 1.54) is 13.8 Å². The highest BCUT2D eigenvalue weighted by Crippen LogP contribution is 2.19. The first-order valence-corrected chi connectivity index (χ1v) is 5.47. The maximum absolute atomic E-state index is 11.4. The second kappa shape index (κ2) is 3.10. The van der Waals surface area contributed by atoms with Crippen molar-refractivity contribution < 1.29 is 18.0 Å². The third-order valence-corrected chi connectivity index (χ3v) is 3.96. The van der Waals surface area contributed by atoms with E-state index < -0.39 is 27.1 Å². The molecule has 13 heavy (non-hydrogen) atoms. The highest BCUT2D eigenvalue weighted by atomic mass is 32.2. The zero-order valence-electron chi connectivity index (χ0n) is 7.48. The van der Waals surface area contributed by atoms with E-state index in [0.717, 1.165) is 0 Å². The number of amides is 2. The first kappa shape index (κ1) is 10.2. The van der Waals surface area contributed by atoms with Gasteiger partial charge in [0.05, 0.1) is 5.25 Å². The van der Waals surface area contributed by atoms with Gasteiger partial charge in [-0.25, -0.2) is 8.42 Å². The Morgan fingerprint density at radius 2 is 1.54 bits per heavy atom. The summed E-state index contributed by atoms with van der Waals surface area (Å²) in [5, 5.41) is -0.738. The van der Waals surface area contributed by atoms with Crippen molar-refractivity contribution in [1.29, 1.82) is 0 Å². The molecule has 0 atom stereocenters. The van der Waals surface area contributed by atoms with Gasteiger partial charge < -0.3 is 0 Å². The van der Waals surface area contributed by atoms with Gasteiger partial charge >= 0.3 is 0 Å². The predicted molar refractivity (Wildman–Crippen MR) is 45.1 cm³/mol. The van der Waals surface area contributed by atoms with Crippen LogP contribution in [0.25, 0.3) is 0 Å². The maximum Gasteiger partial charge on any atom is 0.246 e. The van der Waals surface area contributed by atoms with Gasteiger partial charge in [0, 0.05) is 12.8 Å². The van der Waals surface area contributed by atoms with Crippen LogP contribution in [0.2, 0.25) is 0 Å². The molecule has 0 unspecified atom stereocenters. The van der Waals surface area contributed by atoms with E-state index in [0.29, 0.717) is 4.31 Å². The van der Waals surface area contributed by atoms with Crippen LogP contribution in [0.1, 0.15) is 26.7 Å². The average Bonchev–Trinajstić information content (AvgIpc) is 2.30. The fourth-order valence-electron chi connectivity index (χ4n) is 1.05. The molecule has 1 heterocycles. The Labute approximate surface area is 76.8 Å². The molecule has 0 saturated carbocycles. The molecule has 0 aliphatic carbocycles. The molecule has 1 aliphatic heterocycles. The molecule has 1 rings (SSSR count). The maximum atomic E-state index is 11.4. The zero-order valence-corrected chi connectivity index (χ0v) is 8.30. The van der Waals surface area contributed by atoms with Crippen LogP contribution in [0.5, 0.6) is 0 Å². The molecule has 1 fully saturated rings. The molecule has 1 saturated heterocycles. The van der Waals surface area contributed by atoms with Crippen molar-refractivity contribution >= 4 is 21.8 Å². The first-order valence-electron chi connectivity index (χ1n) is 3.97. The molecule has 0 radical (unpaired) electrons. The molecule has 0 spiro atoms. The summed E-state index contributed by atoms with van der Waals surface area (Å²) in [7, 11) is -3.74. The molecule has 6 heteroatoms. The summed E-state index contributed by atoms with van der Waals surface area (Å²) in [4.78, 5) is 22.1. The summed E-state index contributed by atoms with van der Waals surface area (Å²) in [5.41, 5.74) is 0. The number of sulfonamides is 1. The topological polar surface area (TPSA) is 71.5 Å². The molecule has 2 amide bonds. The summed E-state index contributed by atoms with van der Waals surface area (Å²) in [5.74, 6) is -1.22. The largest absolute Gasteiger partial charge is 0.273 e. The fraction of sp³-hybridized carbons (Fsp3) is 0.714. The van der Waals surface area contributed by atoms with E-state index in [9.17, 15) is 18.0 Å². The number of carbonyl (C=O) groups is 2. The Morgan fingerprint density at radius 1 is 1.15 bits per heavy atom. The number of imide groups is 1. The van der Waals surface area contributed by atoms with Crippen molar-refractivity contribution in [1.82, 2.24) is 4.31 Å². The monoisotopic (exact) mass is 205 g/mol. The molecule has 0 bridgehead atoms. The van der Waals surface area contributed by atoms with Crippen LogP contribution in [0, 0.1) is 0 Å². The predicted octanol–water partition coefficient (Wildman–Crippen LogP) is -0.126. The average molecular weight is 205 g/mol. The van der Waals surface area contributed by atoms with Crippen molar-refractivity contribution in [2.75, 3.05) is 0 Å². The zero-order chi connectivity index (χ0) is 10.2. The van der Waals surface area contributed by atoms with Gasteiger partial charge in [-0.1, -0.05) is 0 Å². The van der Waals surface area contributed by atoms with Crippen molar-refractivity contribution in [3.05, 3.63) is 0 Å². The summed E-state index contributed by atoms with van der Waals surface area (Å²) < 4.78 is 23.3. The van der Waals surface area contributed by atoms with E-state index in [1.54, 1.807) is 0 Å². The quantitative estimate of drug-likeness (QED) is 0.589. The van der Waals surface area contributed by atoms with Gasteiger partial charge in [0.25, 0.3) is 0 Å². The van der Waals surface area contributed by atoms with Crippen LogP contribution >= 0.6 is 0 Å². The number of carbonyl (C=O) groups excluding carboxylic acids is 2. The van der Waals surface area contributed by atoms with Crippen LogP contribution in [0.4, 0.5) is 0 Å². The SMILES string of the molecule is CC(C)S(=O)(=O)N1C(=O)CCC1=O. The number of hydrogen-bond donors (Lipinski definition) is 0. The van der Waals surface area contributed by atoms with Gasteiger partial charge in [-0.2, -0.15) is 4.31 Å². The lowest BCUT2D eigenvalue weighted by Crippen LogP contribution is -2.39. The summed E-state index contributed by atoms with van der Waals surface area (Å²) >= 11 is 0. The Balaban J connectivity index is 3.08. The smallest absolute Gasteiger partial charge is 0.246 e. The second-order valence-electron chi connectivity index (χ2n) is 3.15. The molecule has 5 nitrogen and oxygen atoms in total. The number of hydrogen-bond acceptors (Lipinski definition) is 4. The normalized spacial score (nSPS) is 18.8. The van der Waals surface area contributed by atoms with Crippen molar-refractivity contribution in [3.8, 4) is 0 Å². The van der Waals surface area contributed by atoms with E-state index in [2.05, 4.69) is 0 Å². The first-order chi connectivity index (χ1) is 5.87. The third-order valence-electron chi connectivity index (χ3n) is 1.86. The van der Waals surface area contributed by atoms with Crippen LogP contribution in [0.15, 0.2) is 0 Å². The van der Waals surface area contributed by atoms with Crippen molar-refractivity contribution in [2.45, 2.75) is 31.9 Å². The highest BCUT2D eigenvalue weighted by Gasteiger charge is 2.40. The summed E-state index contributed by atoms with van der Waals surface area (Å²) in [6.07, 6.45) is 0.00949. The number of rotatable bonds is 2. The molecule has 0 aromatic rings. The molecule has 1 aliphatic rings. The third kappa shape index (κ3) is 1.58. The van der Waals surface area contributed by atoms with E-state index in [1.807, 2.05) is 0 Å². The molecular formula is C7H11NO4S. The Morgan fingerprint density at radius 3 is 1.85 bits per heavy atom. The van der Waals surface area contributed by atoms with Gasteiger partial charge in [0.2, 0.25) is 21.8 Å². The van der Waals surface area contributed by atoms with Gasteiger partial charge in [-0.05, 0) is 13.8 Å². The molecular weight excluding hydrogens is 194 g/mol. The van der Waals surface area contributed by atoms with Crippen LogP contribution in [0.3, 0.4) is 0 Å². The van der Waals surface area contributed by atoms with Crippen LogP contribution in [-0.2, 0) is 19.6 Å². The van der Waals surface area contributed by atoms with Gasteiger partial charge in [-0.3, -0.25) is 9.59 Å². The summed E-state index contributed by atoms with van der Waals surface area (Å²) in [6, 6.07) is 0. The lowest BCUT2D eigenvalue weighted by Gasteiger charge is -2.16. The molecule has 0 aromatic heterocycles. The fourth-order valence-corrected chi connectivity index (χ4v) is 2.22. The van der Waals surface area contributed by atoms with Crippen molar-refractivity contribution in [2.24, 2.45) is 0 Å². The van der Waals surface area contributed by atoms with Gasteiger partial charge in [0.1, 0.15) is 0 Å². The summed E-state index contributed by atoms with van der Waals surface area (Å²) in [6.45, 7) is 2.88. The Bertz CT molecular complexity index is 328. The van der Waals surface area contributed by atoms with Crippen LogP contribution < -0.4 is 0 Å². The molecule has 74 valence electrons. The van der Waals surface area contributed by atoms with E-state index in [-0.39, 0.29) is 12.8 Å². The Kier molecular flexibility index (Phi) is 2.42. The van der Waals surface area contributed by atoms with Gasteiger partial charge in [-0.15, -0.1) is 0 Å². The van der Waals surface area contributed by atoms with Gasteiger partial charge in [0.15, 0.2) is 0 Å². The minimum atomic E-state index is -3.74.